The first-order valence-electron chi connectivity index (χ1n) is 9.59. The van der Waals surface area contributed by atoms with Crippen molar-refractivity contribution < 1.29 is 5.11 Å². The van der Waals surface area contributed by atoms with Gasteiger partial charge in [-0.2, -0.15) is 0 Å². The summed E-state index contributed by atoms with van der Waals surface area (Å²) in [5.41, 5.74) is 4.23. The molecule has 5 nitrogen and oxygen atoms in total. The summed E-state index contributed by atoms with van der Waals surface area (Å²) >= 11 is 0. The van der Waals surface area contributed by atoms with E-state index in [4.69, 9.17) is 4.98 Å². The number of aromatic nitrogens is 3. The lowest BCUT2D eigenvalue weighted by Crippen LogP contribution is -2.27. The van der Waals surface area contributed by atoms with Gasteiger partial charge in [-0.05, 0) is 47.9 Å². The van der Waals surface area contributed by atoms with Crippen molar-refractivity contribution in [2.45, 2.75) is 46.3 Å². The lowest BCUT2D eigenvalue weighted by Gasteiger charge is -2.18. The number of imidazole rings is 1. The third-order valence-corrected chi connectivity index (χ3v) is 5.21. The van der Waals surface area contributed by atoms with Crippen LogP contribution in [0.15, 0.2) is 41.2 Å². The van der Waals surface area contributed by atoms with E-state index in [0.717, 1.165) is 35.2 Å². The Labute approximate surface area is 159 Å². The van der Waals surface area contributed by atoms with Gasteiger partial charge in [-0.1, -0.05) is 39.0 Å². The third-order valence-electron chi connectivity index (χ3n) is 5.21. The van der Waals surface area contributed by atoms with Gasteiger partial charge < -0.3 is 5.11 Å². The molecule has 0 bridgehead atoms. The SMILES string of the molecule is Cn1c(=O)n(CC(C)(C)C)c2ccc(-c3cccc(C(O)C4CC4)c3)nc21. The Hall–Kier alpha value is -2.40. The van der Waals surface area contributed by atoms with E-state index in [0.29, 0.717) is 18.1 Å². The van der Waals surface area contributed by atoms with Crippen molar-refractivity contribution in [3.8, 4) is 11.3 Å². The molecule has 1 N–H and O–H groups in total. The Balaban J connectivity index is 1.77. The predicted molar refractivity (Wildman–Crippen MR) is 108 cm³/mol. The van der Waals surface area contributed by atoms with Crippen LogP contribution < -0.4 is 5.69 Å². The van der Waals surface area contributed by atoms with Gasteiger partial charge in [0.2, 0.25) is 0 Å². The fraction of sp³-hybridized carbons (Fsp3) is 0.455. The smallest absolute Gasteiger partial charge is 0.330 e. The zero-order valence-electron chi connectivity index (χ0n) is 16.4. The molecule has 1 saturated carbocycles. The van der Waals surface area contributed by atoms with Crippen LogP contribution in [-0.4, -0.2) is 19.2 Å². The lowest BCUT2D eigenvalue weighted by atomic mass is 9.97. The third kappa shape index (κ3) is 3.44. The number of benzene rings is 1. The van der Waals surface area contributed by atoms with Crippen molar-refractivity contribution in [2.24, 2.45) is 18.4 Å². The first-order valence-corrected chi connectivity index (χ1v) is 9.59. The second-order valence-electron chi connectivity index (χ2n) is 8.94. The van der Waals surface area contributed by atoms with E-state index < -0.39 is 6.10 Å². The lowest BCUT2D eigenvalue weighted by molar-refractivity contribution is 0.154. The Morgan fingerprint density at radius 1 is 1.22 bits per heavy atom. The molecule has 1 fully saturated rings. The van der Waals surface area contributed by atoms with Crippen LogP contribution in [0.1, 0.15) is 45.3 Å². The molecule has 3 aromatic rings. The van der Waals surface area contributed by atoms with Crippen molar-refractivity contribution >= 4 is 11.2 Å². The van der Waals surface area contributed by atoms with E-state index in [1.165, 1.54) is 0 Å². The van der Waals surface area contributed by atoms with Gasteiger partial charge in [0.1, 0.15) is 0 Å². The number of aliphatic hydroxyl groups excluding tert-OH is 1. The summed E-state index contributed by atoms with van der Waals surface area (Å²) in [4.78, 5) is 17.5. The highest BCUT2D eigenvalue weighted by Gasteiger charge is 2.30. The fourth-order valence-electron chi connectivity index (χ4n) is 3.63. The number of pyridine rings is 1. The zero-order valence-corrected chi connectivity index (χ0v) is 16.4. The first kappa shape index (κ1) is 18.0. The fourth-order valence-corrected chi connectivity index (χ4v) is 3.63. The Morgan fingerprint density at radius 2 is 1.96 bits per heavy atom. The van der Waals surface area contributed by atoms with Gasteiger partial charge in [0, 0.05) is 19.2 Å². The Morgan fingerprint density at radius 3 is 2.63 bits per heavy atom. The van der Waals surface area contributed by atoms with Crippen LogP contribution >= 0.6 is 0 Å². The molecular formula is C22H27N3O2. The summed E-state index contributed by atoms with van der Waals surface area (Å²) in [5, 5.41) is 10.4. The highest BCUT2D eigenvalue weighted by Crippen LogP contribution is 2.41. The van der Waals surface area contributed by atoms with Crippen LogP contribution in [-0.2, 0) is 13.6 Å². The van der Waals surface area contributed by atoms with E-state index in [2.05, 4.69) is 20.8 Å². The number of nitrogens with zero attached hydrogens (tertiary/aromatic N) is 3. The van der Waals surface area contributed by atoms with E-state index in [-0.39, 0.29) is 11.1 Å². The van der Waals surface area contributed by atoms with Crippen molar-refractivity contribution in [1.29, 1.82) is 0 Å². The molecule has 0 spiro atoms. The van der Waals surface area contributed by atoms with Gasteiger partial charge in [0.05, 0.1) is 17.3 Å². The minimum Gasteiger partial charge on any atom is -0.388 e. The van der Waals surface area contributed by atoms with Crippen molar-refractivity contribution in [3.05, 3.63) is 52.4 Å². The second-order valence-corrected chi connectivity index (χ2v) is 8.94. The van der Waals surface area contributed by atoms with Gasteiger partial charge >= 0.3 is 5.69 Å². The average Bonchev–Trinajstić information content (AvgIpc) is 3.45. The standard InChI is InChI=1S/C22H27N3O2/c1-22(2,3)13-25-18-11-10-17(23-20(18)24(4)21(25)27)15-6-5-7-16(12-15)19(26)14-8-9-14/h5-7,10-12,14,19,26H,8-9,13H2,1-4H3. The van der Waals surface area contributed by atoms with Crippen LogP contribution in [0.25, 0.3) is 22.4 Å². The molecule has 2 aromatic heterocycles. The molecule has 1 aliphatic rings. The minimum atomic E-state index is -0.397. The van der Waals surface area contributed by atoms with E-state index >= 15 is 0 Å². The maximum Gasteiger partial charge on any atom is 0.330 e. The molecule has 4 rings (SSSR count). The summed E-state index contributed by atoms with van der Waals surface area (Å²) in [6.07, 6.45) is 1.80. The van der Waals surface area contributed by atoms with Gasteiger partial charge in [-0.3, -0.25) is 9.13 Å². The quantitative estimate of drug-likeness (QED) is 0.763. The Bertz CT molecular complexity index is 1050. The molecule has 142 valence electrons. The van der Waals surface area contributed by atoms with Gasteiger partial charge in [0.15, 0.2) is 5.65 Å². The number of hydrogen-bond acceptors (Lipinski definition) is 3. The summed E-state index contributed by atoms with van der Waals surface area (Å²) in [6, 6.07) is 11.9. The van der Waals surface area contributed by atoms with Crippen LogP contribution in [0.4, 0.5) is 0 Å². The molecule has 2 heterocycles. The molecule has 0 radical (unpaired) electrons. The molecule has 0 aliphatic heterocycles. The van der Waals surface area contributed by atoms with Crippen LogP contribution in [0.2, 0.25) is 0 Å². The molecule has 5 heteroatoms. The van der Waals surface area contributed by atoms with Crippen molar-refractivity contribution in [2.75, 3.05) is 0 Å². The van der Waals surface area contributed by atoms with E-state index in [9.17, 15) is 9.90 Å². The average molecular weight is 365 g/mol. The van der Waals surface area contributed by atoms with E-state index in [1.54, 1.807) is 16.2 Å². The van der Waals surface area contributed by atoms with Gasteiger partial charge in [-0.15, -0.1) is 0 Å². The number of rotatable bonds is 4. The molecule has 1 atom stereocenters. The topological polar surface area (TPSA) is 60.0 Å². The van der Waals surface area contributed by atoms with Gasteiger partial charge in [-0.25, -0.2) is 9.78 Å². The van der Waals surface area contributed by atoms with Crippen molar-refractivity contribution in [1.82, 2.24) is 14.1 Å². The number of hydrogen-bond donors (Lipinski definition) is 1. The molecule has 0 saturated heterocycles. The number of fused-ring (bicyclic) bond motifs is 1. The maximum atomic E-state index is 12.7. The summed E-state index contributed by atoms with van der Waals surface area (Å²) in [6.45, 7) is 7.01. The highest BCUT2D eigenvalue weighted by molar-refractivity contribution is 5.76. The molecule has 1 aromatic carbocycles. The highest BCUT2D eigenvalue weighted by atomic mass is 16.3. The monoisotopic (exact) mass is 365 g/mol. The number of aliphatic hydroxyl groups is 1. The normalized spacial score (nSPS) is 16.0. The summed E-state index contributed by atoms with van der Waals surface area (Å²) in [5.74, 6) is 0.392. The largest absolute Gasteiger partial charge is 0.388 e. The van der Waals surface area contributed by atoms with Crippen LogP contribution in [0, 0.1) is 11.3 Å². The number of aryl methyl sites for hydroxylation is 1. The molecule has 0 amide bonds. The summed E-state index contributed by atoms with van der Waals surface area (Å²) in [7, 11) is 1.77. The molecule has 1 unspecified atom stereocenters. The van der Waals surface area contributed by atoms with Crippen LogP contribution in [0.5, 0.6) is 0 Å². The maximum absolute atomic E-state index is 12.7. The first-order chi connectivity index (χ1) is 12.7. The predicted octanol–water partition coefficient (Wildman–Crippen LogP) is 3.89. The molecule has 27 heavy (non-hydrogen) atoms. The van der Waals surface area contributed by atoms with Crippen LogP contribution in [0.3, 0.4) is 0 Å². The van der Waals surface area contributed by atoms with Crippen molar-refractivity contribution in [3.63, 3.8) is 0 Å². The minimum absolute atomic E-state index is 0.00403. The molecular weight excluding hydrogens is 338 g/mol. The summed E-state index contributed by atoms with van der Waals surface area (Å²) < 4.78 is 3.42. The zero-order chi connectivity index (χ0) is 19.3. The second kappa shape index (κ2) is 6.34. The Kier molecular flexibility index (Phi) is 4.22. The van der Waals surface area contributed by atoms with E-state index in [1.807, 2.05) is 36.4 Å². The molecule has 1 aliphatic carbocycles. The van der Waals surface area contributed by atoms with Gasteiger partial charge in [0.25, 0.3) is 0 Å².